The van der Waals surface area contributed by atoms with E-state index in [1.807, 2.05) is 0 Å². The molecular weight excluding hydrogens is 227 g/mol. The zero-order valence-electron chi connectivity index (χ0n) is 10.3. The second-order valence-electron chi connectivity index (χ2n) is 5.26. The highest BCUT2D eigenvalue weighted by molar-refractivity contribution is 4.90. The maximum absolute atomic E-state index is 12.0. The lowest BCUT2D eigenvalue weighted by Crippen LogP contribution is -2.20. The minimum atomic E-state index is -4.08. The summed E-state index contributed by atoms with van der Waals surface area (Å²) >= 11 is 0. The van der Waals surface area contributed by atoms with Crippen LogP contribution in [0.1, 0.15) is 51.9 Å². The first-order chi connectivity index (χ1) is 7.92. The molecule has 0 heterocycles. The first-order valence-corrected chi connectivity index (χ1v) is 6.38. The Kier molecular flexibility index (Phi) is 5.30. The standard InChI is InChI=1S/C13H20F3N/c1-10-4-6-11(7-5-10)12(9-17)3-2-8-13(14,15)16/h10-12H,2-8H2,1H3. The maximum Gasteiger partial charge on any atom is 0.389 e. The Morgan fingerprint density at radius 1 is 1.24 bits per heavy atom. The number of alkyl halides is 3. The Bertz CT molecular complexity index is 259. The van der Waals surface area contributed by atoms with Crippen LogP contribution in [0.4, 0.5) is 13.2 Å². The molecule has 0 amide bonds. The molecule has 0 aromatic heterocycles. The number of nitrogens with zero attached hydrogens (tertiary/aromatic N) is 1. The third kappa shape index (κ3) is 5.43. The van der Waals surface area contributed by atoms with Gasteiger partial charge < -0.3 is 0 Å². The molecule has 1 atom stereocenters. The quantitative estimate of drug-likeness (QED) is 0.707. The van der Waals surface area contributed by atoms with Gasteiger partial charge in [-0.2, -0.15) is 18.4 Å². The van der Waals surface area contributed by atoms with Gasteiger partial charge in [-0.15, -0.1) is 0 Å². The Labute approximate surface area is 101 Å². The molecule has 1 rings (SSSR count). The second-order valence-corrected chi connectivity index (χ2v) is 5.26. The van der Waals surface area contributed by atoms with Crippen LogP contribution in [0.2, 0.25) is 0 Å². The van der Waals surface area contributed by atoms with Crippen LogP contribution in [0.15, 0.2) is 0 Å². The van der Waals surface area contributed by atoms with Gasteiger partial charge in [-0.25, -0.2) is 0 Å². The van der Waals surface area contributed by atoms with Crippen LogP contribution in [0.5, 0.6) is 0 Å². The van der Waals surface area contributed by atoms with Crippen molar-refractivity contribution in [2.24, 2.45) is 17.8 Å². The lowest BCUT2D eigenvalue weighted by atomic mass is 9.75. The molecule has 0 N–H and O–H groups in total. The van der Waals surface area contributed by atoms with E-state index >= 15 is 0 Å². The van der Waals surface area contributed by atoms with Crippen LogP contribution >= 0.6 is 0 Å². The predicted octanol–water partition coefficient (Wildman–Crippen LogP) is 4.69. The third-order valence-electron chi connectivity index (χ3n) is 3.77. The SMILES string of the molecule is CC1CCC(C(C#N)CCCC(F)(F)F)CC1. The fourth-order valence-electron chi connectivity index (χ4n) is 2.62. The number of halogens is 3. The molecular formula is C13H20F3N. The van der Waals surface area contributed by atoms with Crippen LogP contribution in [0.25, 0.3) is 0 Å². The van der Waals surface area contributed by atoms with Gasteiger partial charge in [-0.05, 0) is 37.5 Å². The second kappa shape index (κ2) is 6.28. The lowest BCUT2D eigenvalue weighted by molar-refractivity contribution is -0.136. The molecule has 0 bridgehead atoms. The van der Waals surface area contributed by atoms with Crippen LogP contribution < -0.4 is 0 Å². The van der Waals surface area contributed by atoms with Crippen LogP contribution in [-0.4, -0.2) is 6.18 Å². The van der Waals surface area contributed by atoms with Gasteiger partial charge in [0.25, 0.3) is 0 Å². The van der Waals surface area contributed by atoms with E-state index in [-0.39, 0.29) is 12.3 Å². The summed E-state index contributed by atoms with van der Waals surface area (Å²) in [5, 5.41) is 9.04. The summed E-state index contributed by atoms with van der Waals surface area (Å²) < 4.78 is 36.1. The maximum atomic E-state index is 12.0. The third-order valence-corrected chi connectivity index (χ3v) is 3.77. The van der Waals surface area contributed by atoms with Crippen molar-refractivity contribution in [1.82, 2.24) is 0 Å². The van der Waals surface area contributed by atoms with Gasteiger partial charge in [0, 0.05) is 12.3 Å². The van der Waals surface area contributed by atoms with Crippen molar-refractivity contribution in [2.45, 2.75) is 58.0 Å². The largest absolute Gasteiger partial charge is 0.389 e. The Balaban J connectivity index is 2.31. The Morgan fingerprint density at radius 3 is 2.29 bits per heavy atom. The summed E-state index contributed by atoms with van der Waals surface area (Å²) in [6.07, 6.45) is -0.112. The molecule has 0 radical (unpaired) electrons. The highest BCUT2D eigenvalue weighted by atomic mass is 19.4. The molecule has 98 valence electrons. The summed E-state index contributed by atoms with van der Waals surface area (Å²) in [5.74, 6) is 0.857. The zero-order valence-corrected chi connectivity index (χ0v) is 10.3. The fourth-order valence-corrected chi connectivity index (χ4v) is 2.62. The van der Waals surface area contributed by atoms with E-state index in [4.69, 9.17) is 5.26 Å². The molecule has 0 spiro atoms. The van der Waals surface area contributed by atoms with Crippen LogP contribution in [-0.2, 0) is 0 Å². The van der Waals surface area contributed by atoms with Crippen molar-refractivity contribution in [3.05, 3.63) is 0 Å². The molecule has 1 unspecified atom stereocenters. The predicted molar refractivity (Wildman–Crippen MR) is 60.1 cm³/mol. The van der Waals surface area contributed by atoms with E-state index in [2.05, 4.69) is 13.0 Å². The molecule has 17 heavy (non-hydrogen) atoms. The summed E-state index contributed by atoms with van der Waals surface area (Å²) in [4.78, 5) is 0. The highest BCUT2D eigenvalue weighted by Crippen LogP contribution is 2.35. The summed E-state index contributed by atoms with van der Waals surface area (Å²) in [6, 6.07) is 2.21. The minimum Gasteiger partial charge on any atom is -0.198 e. The molecule has 0 saturated heterocycles. The van der Waals surface area contributed by atoms with E-state index in [1.54, 1.807) is 0 Å². The van der Waals surface area contributed by atoms with Gasteiger partial charge in [0.1, 0.15) is 0 Å². The average molecular weight is 247 g/mol. The first kappa shape index (κ1) is 14.3. The molecule has 0 aliphatic heterocycles. The smallest absolute Gasteiger partial charge is 0.198 e. The van der Waals surface area contributed by atoms with E-state index < -0.39 is 12.6 Å². The summed E-state index contributed by atoms with van der Waals surface area (Å²) in [6.45, 7) is 2.20. The topological polar surface area (TPSA) is 23.8 Å². The fraction of sp³-hybridized carbons (Fsp3) is 0.923. The molecule has 0 aromatic carbocycles. The van der Waals surface area contributed by atoms with Crippen molar-refractivity contribution in [1.29, 1.82) is 5.26 Å². The molecule has 1 saturated carbocycles. The molecule has 1 aliphatic carbocycles. The molecule has 4 heteroatoms. The monoisotopic (exact) mass is 247 g/mol. The molecule has 1 nitrogen and oxygen atoms in total. The van der Waals surface area contributed by atoms with Crippen molar-refractivity contribution in [2.75, 3.05) is 0 Å². The van der Waals surface area contributed by atoms with Crippen molar-refractivity contribution in [3.8, 4) is 6.07 Å². The number of rotatable bonds is 4. The summed E-state index contributed by atoms with van der Waals surface area (Å²) in [7, 11) is 0. The van der Waals surface area contributed by atoms with Gasteiger partial charge in [0.05, 0.1) is 6.07 Å². The highest BCUT2D eigenvalue weighted by Gasteiger charge is 2.29. The van der Waals surface area contributed by atoms with Gasteiger partial charge >= 0.3 is 6.18 Å². The van der Waals surface area contributed by atoms with Crippen molar-refractivity contribution < 1.29 is 13.2 Å². The Hall–Kier alpha value is -0.720. The van der Waals surface area contributed by atoms with E-state index in [9.17, 15) is 13.2 Å². The first-order valence-electron chi connectivity index (χ1n) is 6.38. The zero-order chi connectivity index (χ0) is 12.9. The van der Waals surface area contributed by atoms with Gasteiger partial charge in [0.2, 0.25) is 0 Å². The van der Waals surface area contributed by atoms with E-state index in [0.29, 0.717) is 18.3 Å². The minimum absolute atomic E-state index is 0.0911. The summed E-state index contributed by atoms with van der Waals surface area (Å²) in [5.41, 5.74) is 0. The molecule has 0 aromatic rings. The number of nitriles is 1. The van der Waals surface area contributed by atoms with E-state index in [1.165, 1.54) is 0 Å². The van der Waals surface area contributed by atoms with Gasteiger partial charge in [0.15, 0.2) is 0 Å². The number of hydrogen-bond donors (Lipinski definition) is 0. The van der Waals surface area contributed by atoms with Gasteiger partial charge in [-0.3, -0.25) is 0 Å². The van der Waals surface area contributed by atoms with Gasteiger partial charge in [-0.1, -0.05) is 19.8 Å². The average Bonchev–Trinajstić information content (AvgIpc) is 2.24. The Morgan fingerprint density at radius 2 is 1.82 bits per heavy atom. The lowest BCUT2D eigenvalue weighted by Gasteiger charge is -2.29. The van der Waals surface area contributed by atoms with Crippen molar-refractivity contribution in [3.63, 3.8) is 0 Å². The van der Waals surface area contributed by atoms with Crippen LogP contribution in [0.3, 0.4) is 0 Å². The van der Waals surface area contributed by atoms with Crippen molar-refractivity contribution >= 4 is 0 Å². The molecule has 1 fully saturated rings. The van der Waals surface area contributed by atoms with E-state index in [0.717, 1.165) is 25.7 Å². The van der Waals surface area contributed by atoms with Crippen LogP contribution in [0, 0.1) is 29.1 Å². The molecule has 1 aliphatic rings. The normalized spacial score (nSPS) is 27.5. The number of hydrogen-bond acceptors (Lipinski definition) is 1.